The average Bonchev–Trinajstić information content (AvgIpc) is 3.02. The molecule has 0 bridgehead atoms. The van der Waals surface area contributed by atoms with E-state index in [0.29, 0.717) is 48.1 Å². The third-order valence-corrected chi connectivity index (χ3v) is 6.03. The van der Waals surface area contributed by atoms with E-state index < -0.39 is 17.1 Å². The van der Waals surface area contributed by atoms with E-state index in [-0.39, 0.29) is 18.0 Å². The second-order valence-electron chi connectivity index (χ2n) is 10.5. The third-order valence-electron chi connectivity index (χ3n) is 5.54. The number of carbonyl (C=O) groups excluding carboxylic acids is 2. The van der Waals surface area contributed by atoms with Gasteiger partial charge in [-0.1, -0.05) is 36.7 Å². The normalized spacial score (nSPS) is 15.5. The van der Waals surface area contributed by atoms with Crippen LogP contribution in [0.1, 0.15) is 70.4 Å². The highest BCUT2D eigenvalue weighted by Crippen LogP contribution is 2.36. The molecule has 0 radical (unpaired) electrons. The lowest BCUT2D eigenvalue weighted by Gasteiger charge is -2.33. The molecule has 0 aliphatic carbocycles. The number of hydrogen-bond donors (Lipinski definition) is 2. The van der Waals surface area contributed by atoms with Crippen LogP contribution in [0.2, 0.25) is 0 Å². The van der Waals surface area contributed by atoms with Crippen LogP contribution in [-0.4, -0.2) is 57.4 Å². The van der Waals surface area contributed by atoms with Gasteiger partial charge < -0.3 is 20.1 Å². The summed E-state index contributed by atoms with van der Waals surface area (Å²) in [7, 11) is 0. The zero-order chi connectivity index (χ0) is 24.7. The Morgan fingerprint density at radius 1 is 1.09 bits per heavy atom. The van der Waals surface area contributed by atoms with Crippen molar-refractivity contribution in [3.63, 3.8) is 0 Å². The first kappa shape index (κ1) is 25.1. The van der Waals surface area contributed by atoms with Crippen molar-refractivity contribution in [2.24, 2.45) is 0 Å². The van der Waals surface area contributed by atoms with Crippen LogP contribution in [0.3, 0.4) is 0 Å². The number of hydrogen-bond acceptors (Lipinski definition) is 4. The van der Waals surface area contributed by atoms with Crippen LogP contribution >= 0.6 is 15.9 Å². The minimum absolute atomic E-state index is 0.126. The van der Waals surface area contributed by atoms with Crippen LogP contribution < -0.4 is 5.32 Å². The van der Waals surface area contributed by atoms with Crippen LogP contribution in [-0.2, 0) is 10.2 Å². The predicted molar refractivity (Wildman–Crippen MR) is 130 cm³/mol. The Morgan fingerprint density at radius 3 is 2.21 bits per heavy atom. The first-order valence-electron chi connectivity index (χ1n) is 11.1. The zero-order valence-corrected chi connectivity index (χ0v) is 21.6. The SMILES string of the molecule is CC(C)(C)OC(=O)N1CCC(NC(=O)c2c(C(C)(C)C)n(C(=O)O)c3ccc(Br)cc23)CC1. The van der Waals surface area contributed by atoms with Crippen molar-refractivity contribution < 1.29 is 24.2 Å². The van der Waals surface area contributed by atoms with E-state index in [1.165, 1.54) is 4.57 Å². The van der Waals surface area contributed by atoms with E-state index >= 15 is 0 Å². The lowest BCUT2D eigenvalue weighted by molar-refractivity contribution is 0.0199. The predicted octanol–water partition coefficient (Wildman–Crippen LogP) is 5.36. The summed E-state index contributed by atoms with van der Waals surface area (Å²) in [6.45, 7) is 12.1. The molecule has 0 spiro atoms. The molecule has 8 nitrogen and oxygen atoms in total. The Morgan fingerprint density at radius 2 is 1.70 bits per heavy atom. The smallest absolute Gasteiger partial charge is 0.416 e. The maximum Gasteiger partial charge on any atom is 0.416 e. The van der Waals surface area contributed by atoms with E-state index in [0.717, 1.165) is 4.47 Å². The van der Waals surface area contributed by atoms with Gasteiger partial charge in [-0.3, -0.25) is 4.79 Å². The number of ether oxygens (including phenoxy) is 1. The molecule has 180 valence electrons. The molecule has 2 N–H and O–H groups in total. The summed E-state index contributed by atoms with van der Waals surface area (Å²) in [5, 5.41) is 13.6. The number of aromatic nitrogens is 1. The number of nitrogens with zero attached hydrogens (tertiary/aromatic N) is 2. The fraction of sp³-hybridized carbons (Fsp3) is 0.542. The van der Waals surface area contributed by atoms with Gasteiger partial charge in [-0.25, -0.2) is 14.2 Å². The Labute approximate surface area is 202 Å². The van der Waals surface area contributed by atoms with Gasteiger partial charge in [0.1, 0.15) is 5.60 Å². The van der Waals surface area contributed by atoms with Gasteiger partial charge in [0, 0.05) is 40.1 Å². The van der Waals surface area contributed by atoms with Crippen molar-refractivity contribution in [3.05, 3.63) is 33.9 Å². The van der Waals surface area contributed by atoms with Gasteiger partial charge >= 0.3 is 12.2 Å². The summed E-state index contributed by atoms with van der Waals surface area (Å²) in [5.41, 5.74) is 0.150. The minimum atomic E-state index is -1.13. The Bertz CT molecular complexity index is 1090. The van der Waals surface area contributed by atoms with Gasteiger partial charge in [-0.2, -0.15) is 0 Å². The summed E-state index contributed by atoms with van der Waals surface area (Å²) in [5.74, 6) is -0.307. The summed E-state index contributed by atoms with van der Waals surface area (Å²) in [6.07, 6.45) is -0.289. The Hall–Kier alpha value is -2.55. The number of piperidine rings is 1. The van der Waals surface area contributed by atoms with Crippen LogP contribution in [0.15, 0.2) is 22.7 Å². The third kappa shape index (κ3) is 5.51. The number of carboxylic acid groups (broad SMARTS) is 1. The summed E-state index contributed by atoms with van der Waals surface area (Å²) >= 11 is 3.44. The van der Waals surface area contributed by atoms with E-state index in [1.807, 2.05) is 41.5 Å². The quantitative estimate of drug-likeness (QED) is 0.554. The van der Waals surface area contributed by atoms with Gasteiger partial charge in [-0.15, -0.1) is 0 Å². The van der Waals surface area contributed by atoms with Gasteiger partial charge in [0.2, 0.25) is 0 Å². The molecule has 0 atom stereocenters. The lowest BCUT2D eigenvalue weighted by Crippen LogP contribution is -2.48. The number of halogens is 1. The van der Waals surface area contributed by atoms with Crippen LogP contribution in [0, 0.1) is 0 Å². The highest BCUT2D eigenvalue weighted by Gasteiger charge is 2.34. The molecule has 1 saturated heterocycles. The molecular formula is C24H32BrN3O5. The van der Waals surface area contributed by atoms with Crippen molar-refractivity contribution in [1.29, 1.82) is 0 Å². The van der Waals surface area contributed by atoms with Crippen molar-refractivity contribution in [2.45, 2.75) is 71.4 Å². The maximum absolute atomic E-state index is 13.5. The number of fused-ring (bicyclic) bond motifs is 1. The number of rotatable bonds is 2. The highest BCUT2D eigenvalue weighted by atomic mass is 79.9. The van der Waals surface area contributed by atoms with Gasteiger partial charge in [-0.05, 0) is 51.8 Å². The van der Waals surface area contributed by atoms with Crippen molar-refractivity contribution in [2.75, 3.05) is 13.1 Å². The van der Waals surface area contributed by atoms with E-state index in [9.17, 15) is 19.5 Å². The fourth-order valence-corrected chi connectivity index (χ4v) is 4.55. The molecule has 2 aromatic rings. The minimum Gasteiger partial charge on any atom is -0.464 e. The second kappa shape index (κ2) is 9.00. The molecule has 1 fully saturated rings. The molecule has 0 saturated carbocycles. The largest absolute Gasteiger partial charge is 0.464 e. The molecule has 1 aromatic heterocycles. The van der Waals surface area contributed by atoms with Crippen LogP contribution in [0.5, 0.6) is 0 Å². The standard InChI is InChI=1S/C24H32BrN3O5/c1-23(2,3)19-18(16-13-14(25)7-8-17(16)28(19)21(30)31)20(29)26-15-9-11-27(12-10-15)22(32)33-24(4,5)6/h7-8,13,15H,9-12H2,1-6H3,(H,26,29)(H,30,31). The molecule has 1 aromatic carbocycles. The highest BCUT2D eigenvalue weighted by molar-refractivity contribution is 9.10. The molecule has 2 heterocycles. The van der Waals surface area contributed by atoms with Gasteiger partial charge in [0.05, 0.1) is 11.1 Å². The van der Waals surface area contributed by atoms with Crippen LogP contribution in [0.25, 0.3) is 10.9 Å². The number of carbonyl (C=O) groups is 3. The monoisotopic (exact) mass is 521 g/mol. The first-order valence-corrected chi connectivity index (χ1v) is 11.8. The van der Waals surface area contributed by atoms with Crippen molar-refractivity contribution in [1.82, 2.24) is 14.8 Å². The van der Waals surface area contributed by atoms with Gasteiger partial charge in [0.15, 0.2) is 0 Å². The van der Waals surface area contributed by atoms with Crippen molar-refractivity contribution >= 4 is 44.9 Å². The lowest BCUT2D eigenvalue weighted by atomic mass is 9.88. The number of benzene rings is 1. The second-order valence-corrected chi connectivity index (χ2v) is 11.4. The molecule has 1 aliphatic heterocycles. The number of amides is 2. The average molecular weight is 522 g/mol. The first-order chi connectivity index (χ1) is 15.2. The molecular weight excluding hydrogens is 490 g/mol. The fourth-order valence-electron chi connectivity index (χ4n) is 4.19. The Balaban J connectivity index is 1.87. The maximum atomic E-state index is 13.5. The molecule has 33 heavy (non-hydrogen) atoms. The summed E-state index contributed by atoms with van der Waals surface area (Å²) in [4.78, 5) is 39.6. The molecule has 9 heteroatoms. The zero-order valence-electron chi connectivity index (χ0n) is 20.0. The van der Waals surface area contributed by atoms with E-state index in [2.05, 4.69) is 21.2 Å². The summed E-state index contributed by atoms with van der Waals surface area (Å²) < 4.78 is 7.41. The van der Waals surface area contributed by atoms with Gasteiger partial charge in [0.25, 0.3) is 5.91 Å². The number of nitrogens with one attached hydrogen (secondary N) is 1. The molecule has 1 aliphatic rings. The summed E-state index contributed by atoms with van der Waals surface area (Å²) in [6, 6.07) is 5.13. The van der Waals surface area contributed by atoms with E-state index in [1.54, 1.807) is 23.1 Å². The molecule has 2 amide bonds. The molecule has 3 rings (SSSR count). The topological polar surface area (TPSA) is 101 Å². The number of likely N-dealkylation sites (tertiary alicyclic amines) is 1. The van der Waals surface area contributed by atoms with Crippen LogP contribution in [0.4, 0.5) is 9.59 Å². The van der Waals surface area contributed by atoms with Crippen molar-refractivity contribution in [3.8, 4) is 0 Å². The molecule has 0 unspecified atom stereocenters. The Kier molecular flexibility index (Phi) is 6.84. The van der Waals surface area contributed by atoms with E-state index in [4.69, 9.17) is 4.74 Å².